The molecule has 3 aromatic heterocycles. The van der Waals surface area contributed by atoms with Gasteiger partial charge in [0.1, 0.15) is 11.5 Å². The van der Waals surface area contributed by atoms with Crippen molar-refractivity contribution in [3.8, 4) is 0 Å². The molecule has 1 aliphatic heterocycles. The van der Waals surface area contributed by atoms with Gasteiger partial charge in [0.2, 0.25) is 0 Å². The fourth-order valence-electron chi connectivity index (χ4n) is 4.04. The number of fused-ring (bicyclic) bond motifs is 2. The van der Waals surface area contributed by atoms with Gasteiger partial charge >= 0.3 is 0 Å². The number of halogens is 1. The van der Waals surface area contributed by atoms with Crippen molar-refractivity contribution in [3.05, 3.63) is 69.7 Å². The number of aromatic nitrogens is 4. The van der Waals surface area contributed by atoms with Crippen LogP contribution < -0.4 is 10.9 Å². The van der Waals surface area contributed by atoms with Crippen LogP contribution in [0.5, 0.6) is 0 Å². The van der Waals surface area contributed by atoms with Crippen molar-refractivity contribution in [1.82, 2.24) is 24.9 Å². The number of carbonyl (C=O) groups excluding carboxylic acids is 1. The maximum atomic E-state index is 13.4. The van der Waals surface area contributed by atoms with Gasteiger partial charge in [-0.3, -0.25) is 14.7 Å². The van der Waals surface area contributed by atoms with Crippen molar-refractivity contribution in [1.29, 1.82) is 0 Å². The SMILES string of the molecule is C[C@H](NC(=O)c1cc2ccc(F)cc2[nH]1)c1cc(=O)n2[nH]c(C3CCOCC3)cc2n1. The van der Waals surface area contributed by atoms with Crippen LogP contribution in [-0.4, -0.2) is 38.7 Å². The van der Waals surface area contributed by atoms with Crippen LogP contribution in [0.15, 0.2) is 41.2 Å². The second-order valence-corrected chi connectivity index (χ2v) is 7.92. The Balaban J connectivity index is 1.38. The maximum absolute atomic E-state index is 13.4. The van der Waals surface area contributed by atoms with Crippen molar-refractivity contribution >= 4 is 22.5 Å². The highest BCUT2D eigenvalue weighted by atomic mass is 19.1. The number of H-pyrrole nitrogens is 2. The molecule has 1 fully saturated rings. The number of aromatic amines is 2. The van der Waals surface area contributed by atoms with Gasteiger partial charge in [-0.2, -0.15) is 0 Å². The fourth-order valence-corrected chi connectivity index (χ4v) is 4.04. The topological polar surface area (TPSA) is 104 Å². The highest BCUT2D eigenvalue weighted by Gasteiger charge is 2.20. The van der Waals surface area contributed by atoms with E-state index in [4.69, 9.17) is 4.74 Å². The molecule has 0 bridgehead atoms. The Hall–Kier alpha value is -3.46. The Labute approximate surface area is 176 Å². The molecule has 5 rings (SSSR count). The molecule has 4 aromatic rings. The first-order valence-electron chi connectivity index (χ1n) is 10.3. The summed E-state index contributed by atoms with van der Waals surface area (Å²) >= 11 is 0. The lowest BCUT2D eigenvalue weighted by Gasteiger charge is -2.20. The Kier molecular flexibility index (Phi) is 4.82. The van der Waals surface area contributed by atoms with Gasteiger partial charge in [-0.05, 0) is 44.0 Å². The van der Waals surface area contributed by atoms with Crippen LogP contribution in [-0.2, 0) is 4.74 Å². The summed E-state index contributed by atoms with van der Waals surface area (Å²) in [7, 11) is 0. The highest BCUT2D eigenvalue weighted by molar-refractivity contribution is 5.98. The Morgan fingerprint density at radius 1 is 1.26 bits per heavy atom. The summed E-state index contributed by atoms with van der Waals surface area (Å²) in [4.78, 5) is 32.8. The molecule has 1 atom stereocenters. The van der Waals surface area contributed by atoms with Gasteiger partial charge in [0.25, 0.3) is 11.5 Å². The lowest BCUT2D eigenvalue weighted by molar-refractivity contribution is 0.0844. The molecule has 4 heterocycles. The molecule has 9 heteroatoms. The summed E-state index contributed by atoms with van der Waals surface area (Å²) in [5.41, 5.74) is 2.58. The van der Waals surface area contributed by atoms with Crippen LogP contribution in [0.3, 0.4) is 0 Å². The molecule has 3 N–H and O–H groups in total. The molecule has 1 amide bonds. The minimum Gasteiger partial charge on any atom is -0.381 e. The second kappa shape index (κ2) is 7.66. The normalized spacial score (nSPS) is 16.1. The van der Waals surface area contributed by atoms with E-state index in [1.54, 1.807) is 19.1 Å². The highest BCUT2D eigenvalue weighted by Crippen LogP contribution is 2.26. The fraction of sp³-hybridized carbons (Fsp3) is 0.318. The summed E-state index contributed by atoms with van der Waals surface area (Å²) in [5.74, 6) is -0.426. The quantitative estimate of drug-likeness (QED) is 0.469. The lowest BCUT2D eigenvalue weighted by atomic mass is 9.97. The van der Waals surface area contributed by atoms with Gasteiger partial charge in [0.05, 0.1) is 11.7 Å². The molecule has 1 saturated heterocycles. The largest absolute Gasteiger partial charge is 0.381 e. The zero-order chi connectivity index (χ0) is 21.5. The average Bonchev–Trinajstić information content (AvgIpc) is 3.38. The van der Waals surface area contributed by atoms with E-state index >= 15 is 0 Å². The number of ether oxygens (including phenoxy) is 1. The number of nitrogens with zero attached hydrogens (tertiary/aromatic N) is 2. The van der Waals surface area contributed by atoms with E-state index in [0.29, 0.717) is 41.7 Å². The molecule has 0 aliphatic carbocycles. The number of carbonyl (C=O) groups is 1. The number of hydrogen-bond donors (Lipinski definition) is 3. The molecule has 1 aliphatic rings. The molecule has 31 heavy (non-hydrogen) atoms. The van der Waals surface area contributed by atoms with Gasteiger partial charge in [-0.15, -0.1) is 0 Å². The molecule has 1 aromatic carbocycles. The standard InChI is InChI=1S/C22H22FN5O3/c1-12(24-22(30)19-8-14-2-3-15(23)9-17(14)25-19)16-11-21(29)28-20(26-16)10-18(27-28)13-4-6-31-7-5-13/h2-3,8-13,25,27H,4-7H2,1H3,(H,24,30)/t12-/m0/s1. The second-order valence-electron chi connectivity index (χ2n) is 7.92. The van der Waals surface area contributed by atoms with Gasteiger partial charge in [-0.1, -0.05) is 0 Å². The van der Waals surface area contributed by atoms with E-state index in [0.717, 1.165) is 23.9 Å². The van der Waals surface area contributed by atoms with Gasteiger partial charge in [-0.25, -0.2) is 13.9 Å². The summed E-state index contributed by atoms with van der Waals surface area (Å²) in [6.45, 7) is 3.18. The monoisotopic (exact) mass is 423 g/mol. The van der Waals surface area contributed by atoms with Crippen LogP contribution in [0.4, 0.5) is 4.39 Å². The van der Waals surface area contributed by atoms with Gasteiger partial charge in [0, 0.05) is 47.9 Å². The Morgan fingerprint density at radius 3 is 2.87 bits per heavy atom. The van der Waals surface area contributed by atoms with Crippen LogP contribution in [0, 0.1) is 5.82 Å². The summed E-state index contributed by atoms with van der Waals surface area (Å²) in [6.07, 6.45) is 1.80. The number of nitrogens with one attached hydrogen (secondary N) is 3. The summed E-state index contributed by atoms with van der Waals surface area (Å²) in [5, 5.41) is 6.74. The molecule has 160 valence electrons. The first-order valence-corrected chi connectivity index (χ1v) is 10.3. The van der Waals surface area contributed by atoms with E-state index < -0.39 is 6.04 Å². The lowest BCUT2D eigenvalue weighted by Crippen LogP contribution is -2.29. The predicted octanol–water partition coefficient (Wildman–Crippen LogP) is 3.03. The van der Waals surface area contributed by atoms with E-state index in [1.807, 2.05) is 6.07 Å². The third-order valence-electron chi connectivity index (χ3n) is 5.77. The van der Waals surface area contributed by atoms with E-state index in [1.165, 1.54) is 22.7 Å². The van der Waals surface area contributed by atoms with Gasteiger partial charge < -0.3 is 15.0 Å². The number of benzene rings is 1. The van der Waals surface area contributed by atoms with E-state index in [-0.39, 0.29) is 17.3 Å². The van der Waals surface area contributed by atoms with Crippen molar-refractivity contribution < 1.29 is 13.9 Å². The van der Waals surface area contributed by atoms with Crippen molar-refractivity contribution in [2.75, 3.05) is 13.2 Å². The summed E-state index contributed by atoms with van der Waals surface area (Å²) < 4.78 is 20.2. The molecular formula is C22H22FN5O3. The minimum atomic E-state index is -0.491. The smallest absolute Gasteiger partial charge is 0.272 e. The van der Waals surface area contributed by atoms with Gasteiger partial charge in [0.15, 0.2) is 5.65 Å². The number of rotatable bonds is 4. The van der Waals surface area contributed by atoms with Crippen molar-refractivity contribution in [2.45, 2.75) is 31.7 Å². The van der Waals surface area contributed by atoms with Crippen LogP contribution in [0.1, 0.15) is 53.6 Å². The minimum absolute atomic E-state index is 0.236. The van der Waals surface area contributed by atoms with Crippen LogP contribution in [0.2, 0.25) is 0 Å². The number of hydrogen-bond acceptors (Lipinski definition) is 4. The molecule has 0 radical (unpaired) electrons. The molecule has 0 saturated carbocycles. The van der Waals surface area contributed by atoms with E-state index in [2.05, 4.69) is 20.4 Å². The zero-order valence-electron chi connectivity index (χ0n) is 16.9. The van der Waals surface area contributed by atoms with Crippen LogP contribution in [0.25, 0.3) is 16.6 Å². The molecule has 8 nitrogen and oxygen atoms in total. The Morgan fingerprint density at radius 2 is 2.06 bits per heavy atom. The Bertz CT molecular complexity index is 1330. The number of amides is 1. The van der Waals surface area contributed by atoms with Crippen LogP contribution >= 0.6 is 0 Å². The molecule has 0 unspecified atom stereocenters. The third kappa shape index (κ3) is 3.72. The maximum Gasteiger partial charge on any atom is 0.272 e. The molecular weight excluding hydrogens is 401 g/mol. The van der Waals surface area contributed by atoms with Crippen molar-refractivity contribution in [3.63, 3.8) is 0 Å². The first-order chi connectivity index (χ1) is 15.0. The predicted molar refractivity (Wildman–Crippen MR) is 113 cm³/mol. The molecule has 0 spiro atoms. The summed E-state index contributed by atoms with van der Waals surface area (Å²) in [6, 6.07) is 8.78. The average molecular weight is 423 g/mol. The van der Waals surface area contributed by atoms with E-state index in [9.17, 15) is 14.0 Å². The zero-order valence-corrected chi connectivity index (χ0v) is 16.9. The first kappa shape index (κ1) is 19.5. The van der Waals surface area contributed by atoms with Crippen molar-refractivity contribution in [2.24, 2.45) is 0 Å². The third-order valence-corrected chi connectivity index (χ3v) is 5.77.